The van der Waals surface area contributed by atoms with E-state index in [2.05, 4.69) is 13.8 Å². The van der Waals surface area contributed by atoms with Gasteiger partial charge < -0.3 is 23.7 Å². The van der Waals surface area contributed by atoms with Gasteiger partial charge in [0.2, 0.25) is 10.8 Å². The number of methoxy groups -OCH3 is 1. The van der Waals surface area contributed by atoms with Crippen molar-refractivity contribution in [2.24, 2.45) is 16.7 Å². The van der Waals surface area contributed by atoms with Crippen LogP contribution >= 0.6 is 11.6 Å². The van der Waals surface area contributed by atoms with E-state index < -0.39 is 52.1 Å². The topological polar surface area (TPSA) is 101 Å². The van der Waals surface area contributed by atoms with E-state index in [-0.39, 0.29) is 32.3 Å². The van der Waals surface area contributed by atoms with Crippen molar-refractivity contribution in [1.29, 1.82) is 0 Å². The Morgan fingerprint density at radius 3 is 2.58 bits per heavy atom. The summed E-state index contributed by atoms with van der Waals surface area (Å²) in [6, 6.07) is 9.37. The zero-order chi connectivity index (χ0) is 25.7. The van der Waals surface area contributed by atoms with Crippen molar-refractivity contribution in [2.75, 3.05) is 26.9 Å². The number of alkyl halides is 1. The fourth-order valence-electron chi connectivity index (χ4n) is 6.65. The number of hydrogen-bond donors (Lipinski definition) is 0. The number of cyclic esters (lactones) is 1. The molecule has 1 aromatic carbocycles. The number of rotatable bonds is 5. The van der Waals surface area contributed by atoms with Crippen LogP contribution in [0.5, 0.6) is 0 Å². The smallest absolute Gasteiger partial charge is 0.419 e. The van der Waals surface area contributed by atoms with E-state index >= 15 is 0 Å². The number of esters is 1. The zero-order valence-corrected chi connectivity index (χ0v) is 21.5. The highest BCUT2D eigenvalue weighted by Crippen LogP contribution is 2.67. The lowest BCUT2D eigenvalue weighted by Crippen LogP contribution is -2.60. The maximum atomic E-state index is 14.2. The van der Waals surface area contributed by atoms with Crippen LogP contribution in [0.25, 0.3) is 0 Å². The number of halogens is 1. The first kappa shape index (κ1) is 25.4. The van der Waals surface area contributed by atoms with Gasteiger partial charge in [0.15, 0.2) is 12.3 Å². The lowest BCUT2D eigenvalue weighted by Gasteiger charge is -2.43. The molecule has 0 radical (unpaired) electrons. The number of imide groups is 1. The highest BCUT2D eigenvalue weighted by molar-refractivity contribution is 6.35. The van der Waals surface area contributed by atoms with E-state index in [1.54, 1.807) is 0 Å². The predicted molar refractivity (Wildman–Crippen MR) is 127 cm³/mol. The van der Waals surface area contributed by atoms with E-state index in [9.17, 15) is 14.4 Å². The van der Waals surface area contributed by atoms with Crippen LogP contribution in [0.4, 0.5) is 4.79 Å². The summed E-state index contributed by atoms with van der Waals surface area (Å²) >= 11 is 6.88. The third-order valence-electron chi connectivity index (χ3n) is 8.74. The highest BCUT2D eigenvalue weighted by atomic mass is 35.5. The Bertz CT molecular complexity index is 1030. The van der Waals surface area contributed by atoms with E-state index in [0.717, 1.165) is 16.9 Å². The van der Waals surface area contributed by atoms with Gasteiger partial charge in [-0.25, -0.2) is 14.5 Å². The Hall–Kier alpha value is -2.20. The first-order valence-electron chi connectivity index (χ1n) is 12.3. The number of ether oxygens (including phenoxy) is 5. The van der Waals surface area contributed by atoms with Crippen LogP contribution in [0, 0.1) is 16.7 Å². The molecule has 6 atom stereocenters. The van der Waals surface area contributed by atoms with Crippen molar-refractivity contribution in [3.05, 3.63) is 35.9 Å². The normalized spacial score (nSPS) is 37.7. The van der Waals surface area contributed by atoms with E-state index in [0.29, 0.717) is 12.8 Å². The Morgan fingerprint density at radius 2 is 1.89 bits per heavy atom. The molecule has 2 saturated carbocycles. The summed E-state index contributed by atoms with van der Waals surface area (Å²) in [5, 5.41) is 0. The second-order valence-electron chi connectivity index (χ2n) is 10.6. The van der Waals surface area contributed by atoms with Gasteiger partial charge in [0.25, 0.3) is 0 Å². The fraction of sp³-hybridized carbons (Fsp3) is 0.654. The Morgan fingerprint density at radius 1 is 1.14 bits per heavy atom. The number of amides is 2. The first-order chi connectivity index (χ1) is 17.2. The average molecular weight is 522 g/mol. The molecule has 1 spiro atoms. The molecule has 36 heavy (non-hydrogen) atoms. The molecule has 10 heteroatoms. The molecule has 2 aliphatic carbocycles. The van der Waals surface area contributed by atoms with Crippen molar-refractivity contribution in [1.82, 2.24) is 4.90 Å². The van der Waals surface area contributed by atoms with Gasteiger partial charge >= 0.3 is 12.1 Å². The Balaban J connectivity index is 1.48. The summed E-state index contributed by atoms with van der Waals surface area (Å²) in [7, 11) is 1.35. The van der Waals surface area contributed by atoms with Crippen molar-refractivity contribution < 1.29 is 38.1 Å². The van der Waals surface area contributed by atoms with Crippen LogP contribution in [0.3, 0.4) is 0 Å². The molecule has 2 saturated heterocycles. The third kappa shape index (κ3) is 3.66. The number of carbonyl (C=O) groups is 3. The van der Waals surface area contributed by atoms with Crippen LogP contribution in [0.15, 0.2) is 30.3 Å². The second kappa shape index (κ2) is 9.28. The van der Waals surface area contributed by atoms with E-state index in [1.165, 1.54) is 7.11 Å². The number of nitrogens with zero attached hydrogens (tertiary/aromatic N) is 1. The van der Waals surface area contributed by atoms with Gasteiger partial charge in [-0.1, -0.05) is 55.8 Å². The molecular formula is C26H32ClNO8. The van der Waals surface area contributed by atoms with Gasteiger partial charge in [-0.2, -0.15) is 0 Å². The molecule has 0 N–H and O–H groups in total. The van der Waals surface area contributed by atoms with Gasteiger partial charge in [-0.3, -0.25) is 4.79 Å². The average Bonchev–Trinajstić information content (AvgIpc) is 3.42. The fourth-order valence-corrected chi connectivity index (χ4v) is 6.93. The monoisotopic (exact) mass is 521 g/mol. The summed E-state index contributed by atoms with van der Waals surface area (Å²) < 4.78 is 28.7. The second-order valence-corrected chi connectivity index (χ2v) is 11.3. The molecule has 196 valence electrons. The summed E-state index contributed by atoms with van der Waals surface area (Å²) in [5.74, 6) is -0.971. The van der Waals surface area contributed by atoms with Gasteiger partial charge in [-0.15, -0.1) is 0 Å². The van der Waals surface area contributed by atoms with E-state index in [4.69, 9.17) is 35.3 Å². The lowest BCUT2D eigenvalue weighted by molar-refractivity contribution is -0.174. The van der Waals surface area contributed by atoms with Crippen molar-refractivity contribution in [3.8, 4) is 0 Å². The molecule has 4 aliphatic rings. The van der Waals surface area contributed by atoms with Crippen LogP contribution in [0.2, 0.25) is 0 Å². The van der Waals surface area contributed by atoms with Gasteiger partial charge in [0.05, 0.1) is 31.3 Å². The van der Waals surface area contributed by atoms with Crippen LogP contribution in [-0.4, -0.2) is 73.1 Å². The number of fused-ring (bicyclic) bond motifs is 3. The van der Waals surface area contributed by atoms with Crippen molar-refractivity contribution in [3.63, 3.8) is 0 Å². The standard InChI is InChI=1S/C26H32ClNO8/c1-24(2)17-9-10-25(24)18(13-17)34-11-12-35-22(30)26(27,15-33-14-16-7-5-4-6-8-16)19-20(32-3)28(21(25)29)23(31)36-19/h4-8,17-20H,9-15H2,1-3H3/t17-,18+,19-,20+,25+,26?/m0/s1. The SMILES string of the molecule is CO[C@@H]1[C@@H]2OC(=O)N1C(=O)[C@@]13CC[C@@H](C[C@H]1OCCOC(=O)C2(Cl)COCc1ccccc1)C3(C)C. The molecular weight excluding hydrogens is 490 g/mol. The maximum Gasteiger partial charge on any atom is 0.419 e. The number of benzene rings is 1. The molecule has 5 rings (SSSR count). The largest absolute Gasteiger partial charge is 0.462 e. The Kier molecular flexibility index (Phi) is 6.56. The van der Waals surface area contributed by atoms with Gasteiger partial charge in [-0.05, 0) is 36.2 Å². The summed E-state index contributed by atoms with van der Waals surface area (Å²) in [6.45, 7) is 4.01. The highest BCUT2D eigenvalue weighted by Gasteiger charge is 2.72. The number of carbonyl (C=O) groups excluding carboxylic acids is 3. The first-order valence-corrected chi connectivity index (χ1v) is 12.7. The van der Waals surface area contributed by atoms with E-state index in [1.807, 2.05) is 30.3 Å². The Labute approximate surface area is 215 Å². The lowest BCUT2D eigenvalue weighted by atomic mass is 9.67. The summed E-state index contributed by atoms with van der Waals surface area (Å²) in [5.41, 5.74) is -0.450. The molecule has 1 aromatic rings. The molecule has 9 nitrogen and oxygen atoms in total. The third-order valence-corrected chi connectivity index (χ3v) is 9.21. The van der Waals surface area contributed by atoms with Crippen molar-refractivity contribution in [2.45, 2.75) is 63.0 Å². The van der Waals surface area contributed by atoms with Gasteiger partial charge in [0.1, 0.15) is 6.61 Å². The molecule has 2 aliphatic heterocycles. The number of hydrogen-bond acceptors (Lipinski definition) is 8. The molecule has 1 unspecified atom stereocenters. The minimum atomic E-state index is -1.94. The minimum absolute atomic E-state index is 0.0557. The minimum Gasteiger partial charge on any atom is -0.462 e. The van der Waals surface area contributed by atoms with Crippen LogP contribution in [-0.2, 0) is 39.9 Å². The molecule has 2 heterocycles. The molecule has 0 aromatic heterocycles. The summed E-state index contributed by atoms with van der Waals surface area (Å²) in [4.78, 5) is 39.7. The summed E-state index contributed by atoms with van der Waals surface area (Å²) in [6.07, 6.45) is -1.73. The quantitative estimate of drug-likeness (QED) is 0.430. The molecule has 4 fully saturated rings. The zero-order valence-electron chi connectivity index (χ0n) is 20.7. The van der Waals surface area contributed by atoms with Crippen LogP contribution in [0.1, 0.15) is 38.7 Å². The molecule has 4 bridgehead atoms. The van der Waals surface area contributed by atoms with Crippen molar-refractivity contribution >= 4 is 29.6 Å². The maximum absolute atomic E-state index is 14.2. The molecule has 2 amide bonds. The predicted octanol–water partition coefficient (Wildman–Crippen LogP) is 3.27. The van der Waals surface area contributed by atoms with Crippen LogP contribution < -0.4 is 0 Å². The van der Waals surface area contributed by atoms with Gasteiger partial charge in [0, 0.05) is 7.11 Å².